The molecule has 10 heteroatoms. The van der Waals surface area contributed by atoms with Crippen molar-refractivity contribution in [2.24, 2.45) is 5.84 Å². The molecule has 17 heavy (non-hydrogen) atoms. The van der Waals surface area contributed by atoms with Crippen LogP contribution in [0.15, 0.2) is 19.8 Å². The van der Waals surface area contributed by atoms with Gasteiger partial charge in [0.15, 0.2) is 8.68 Å². The van der Waals surface area contributed by atoms with Crippen LogP contribution in [-0.2, 0) is 0 Å². The van der Waals surface area contributed by atoms with Crippen molar-refractivity contribution in [1.82, 2.24) is 20.2 Å². The van der Waals surface area contributed by atoms with Crippen LogP contribution in [-0.4, -0.2) is 26.4 Å². The predicted octanol–water partition coefficient (Wildman–Crippen LogP) is 1.07. The van der Waals surface area contributed by atoms with E-state index in [1.807, 2.05) is 6.26 Å². The number of hydrazine groups is 1. The molecule has 7 nitrogen and oxygen atoms in total. The largest absolute Gasteiger partial charge is 0.368 e. The number of aromatic nitrogens is 4. The molecule has 0 aliphatic rings. The molecule has 0 fully saturated rings. The lowest BCUT2D eigenvalue weighted by atomic mass is 10.6. The van der Waals surface area contributed by atoms with E-state index in [0.717, 1.165) is 8.68 Å². The molecular formula is C7H9N7S3. The fraction of sp³-hybridized carbons (Fsp3) is 0.143. The van der Waals surface area contributed by atoms with Crippen LogP contribution in [0.3, 0.4) is 0 Å². The summed E-state index contributed by atoms with van der Waals surface area (Å²) < 4.78 is 1.71. The van der Waals surface area contributed by atoms with Gasteiger partial charge in [-0.3, -0.25) is 0 Å². The van der Waals surface area contributed by atoms with Crippen LogP contribution in [0.5, 0.6) is 0 Å². The molecule has 2 heterocycles. The van der Waals surface area contributed by atoms with E-state index < -0.39 is 0 Å². The Morgan fingerprint density at radius 3 is 2.71 bits per heavy atom. The summed E-state index contributed by atoms with van der Waals surface area (Å²) in [6.45, 7) is 0. The summed E-state index contributed by atoms with van der Waals surface area (Å²) in [5.41, 5.74) is 7.98. The van der Waals surface area contributed by atoms with Crippen LogP contribution in [0.25, 0.3) is 0 Å². The number of hydrogen-bond donors (Lipinski definition) is 3. The maximum absolute atomic E-state index is 5.55. The summed E-state index contributed by atoms with van der Waals surface area (Å²) in [5, 5.41) is 8.69. The second-order valence-electron chi connectivity index (χ2n) is 2.73. The van der Waals surface area contributed by atoms with Crippen LogP contribution in [0.1, 0.15) is 0 Å². The Bertz CT molecular complexity index is 514. The molecule has 0 unspecified atom stereocenters. The molecule has 0 radical (unpaired) electrons. The van der Waals surface area contributed by atoms with Gasteiger partial charge in [0.2, 0.25) is 5.95 Å². The molecule has 2 aromatic heterocycles. The van der Waals surface area contributed by atoms with Gasteiger partial charge in [-0.1, -0.05) is 23.1 Å². The zero-order chi connectivity index (χ0) is 12.3. The highest BCUT2D eigenvalue weighted by atomic mass is 32.2. The number of nitrogen functional groups attached to an aromatic ring is 2. The maximum atomic E-state index is 5.55. The fourth-order valence-corrected chi connectivity index (χ4v) is 3.37. The number of anilines is 2. The lowest BCUT2D eigenvalue weighted by Crippen LogP contribution is -2.10. The Morgan fingerprint density at radius 1 is 1.29 bits per heavy atom. The molecule has 0 spiro atoms. The van der Waals surface area contributed by atoms with Gasteiger partial charge < -0.3 is 11.2 Å². The molecule has 0 saturated carbocycles. The fourth-order valence-electron chi connectivity index (χ4n) is 0.979. The number of thioether (sulfide) groups is 1. The van der Waals surface area contributed by atoms with Crippen molar-refractivity contribution in [2.75, 3.05) is 17.4 Å². The van der Waals surface area contributed by atoms with Crippen LogP contribution >= 0.6 is 34.9 Å². The smallest absolute Gasteiger partial charge is 0.223 e. The van der Waals surface area contributed by atoms with Gasteiger partial charge in [-0.15, -0.1) is 10.2 Å². The van der Waals surface area contributed by atoms with Crippen molar-refractivity contribution in [3.8, 4) is 0 Å². The van der Waals surface area contributed by atoms with E-state index >= 15 is 0 Å². The van der Waals surface area contributed by atoms with Gasteiger partial charge in [-0.25, -0.2) is 10.8 Å². The Morgan fingerprint density at radius 2 is 2.06 bits per heavy atom. The quantitative estimate of drug-likeness (QED) is 0.328. The van der Waals surface area contributed by atoms with E-state index in [2.05, 4.69) is 25.6 Å². The minimum Gasteiger partial charge on any atom is -0.368 e. The monoisotopic (exact) mass is 287 g/mol. The molecule has 0 bridgehead atoms. The third kappa shape index (κ3) is 3.19. The third-order valence-corrected chi connectivity index (χ3v) is 4.49. The first-order valence-corrected chi connectivity index (χ1v) is 7.23. The summed E-state index contributed by atoms with van der Waals surface area (Å²) in [6, 6.07) is 1.70. The highest BCUT2D eigenvalue weighted by Gasteiger charge is 2.08. The summed E-state index contributed by atoms with van der Waals surface area (Å²) >= 11 is 4.42. The first kappa shape index (κ1) is 12.4. The molecule has 0 atom stereocenters. The second kappa shape index (κ2) is 5.49. The van der Waals surface area contributed by atoms with E-state index in [1.165, 1.54) is 23.1 Å². The first-order chi connectivity index (χ1) is 8.21. The highest BCUT2D eigenvalue weighted by molar-refractivity contribution is 8.02. The van der Waals surface area contributed by atoms with Crippen molar-refractivity contribution in [3.63, 3.8) is 0 Å². The molecule has 2 rings (SSSR count). The maximum Gasteiger partial charge on any atom is 0.223 e. The van der Waals surface area contributed by atoms with E-state index in [0.29, 0.717) is 10.8 Å². The number of rotatable bonds is 4. The Kier molecular flexibility index (Phi) is 3.99. The zero-order valence-electron chi connectivity index (χ0n) is 8.75. The minimum atomic E-state index is 0.164. The Hall–Kier alpha value is -1.10. The van der Waals surface area contributed by atoms with Crippen LogP contribution < -0.4 is 17.0 Å². The summed E-state index contributed by atoms with van der Waals surface area (Å²) in [7, 11) is 0. The van der Waals surface area contributed by atoms with Crippen molar-refractivity contribution >= 4 is 46.6 Å². The summed E-state index contributed by atoms with van der Waals surface area (Å²) in [4.78, 5) is 7.97. The van der Waals surface area contributed by atoms with E-state index in [-0.39, 0.29) is 5.95 Å². The summed E-state index contributed by atoms with van der Waals surface area (Å²) in [6.07, 6.45) is 1.95. The van der Waals surface area contributed by atoms with Crippen molar-refractivity contribution in [3.05, 3.63) is 6.07 Å². The van der Waals surface area contributed by atoms with E-state index in [1.54, 1.807) is 17.8 Å². The molecular weight excluding hydrogens is 278 g/mol. The lowest BCUT2D eigenvalue weighted by Gasteiger charge is -2.02. The second-order valence-corrected chi connectivity index (χ2v) is 6.03. The van der Waals surface area contributed by atoms with Gasteiger partial charge in [0.25, 0.3) is 0 Å². The van der Waals surface area contributed by atoms with Crippen LogP contribution in [0.2, 0.25) is 0 Å². The standard InChI is InChI=1S/C7H9N7S3/c1-15-6-13-14-7(17-6)16-4-2-3(12-9)10-5(8)11-4/h2H,9H2,1H3,(H3,8,10,11,12). The molecule has 5 N–H and O–H groups in total. The lowest BCUT2D eigenvalue weighted by molar-refractivity contribution is 0.952. The molecule has 0 saturated heterocycles. The van der Waals surface area contributed by atoms with Gasteiger partial charge in [-0.05, 0) is 18.0 Å². The number of nitrogens with zero attached hydrogens (tertiary/aromatic N) is 4. The van der Waals surface area contributed by atoms with Gasteiger partial charge in [-0.2, -0.15) is 4.98 Å². The Labute approximate surface area is 110 Å². The van der Waals surface area contributed by atoms with Crippen molar-refractivity contribution in [2.45, 2.75) is 13.7 Å². The van der Waals surface area contributed by atoms with Gasteiger partial charge in [0.1, 0.15) is 10.8 Å². The van der Waals surface area contributed by atoms with Crippen LogP contribution in [0.4, 0.5) is 11.8 Å². The minimum absolute atomic E-state index is 0.164. The Balaban J connectivity index is 2.20. The van der Waals surface area contributed by atoms with Gasteiger partial charge in [0.05, 0.1) is 0 Å². The molecule has 0 aliphatic heterocycles. The van der Waals surface area contributed by atoms with Crippen molar-refractivity contribution in [1.29, 1.82) is 0 Å². The molecule has 0 aliphatic carbocycles. The molecule has 2 aromatic rings. The van der Waals surface area contributed by atoms with Crippen LogP contribution in [0, 0.1) is 0 Å². The average Bonchev–Trinajstić information content (AvgIpc) is 2.76. The topological polar surface area (TPSA) is 116 Å². The number of nitrogens with one attached hydrogen (secondary N) is 1. The predicted molar refractivity (Wildman–Crippen MR) is 70.1 cm³/mol. The van der Waals surface area contributed by atoms with Crippen molar-refractivity contribution < 1.29 is 0 Å². The number of hydrogen-bond acceptors (Lipinski definition) is 10. The van der Waals surface area contributed by atoms with E-state index in [4.69, 9.17) is 11.6 Å². The SMILES string of the molecule is CSc1nnc(Sc2cc(NN)nc(N)n2)s1. The molecule has 0 aromatic carbocycles. The molecule has 90 valence electrons. The van der Waals surface area contributed by atoms with Gasteiger partial charge in [0, 0.05) is 6.07 Å². The van der Waals surface area contributed by atoms with E-state index in [9.17, 15) is 0 Å². The molecule has 0 amide bonds. The normalized spacial score (nSPS) is 10.5. The number of nitrogens with two attached hydrogens (primary N) is 2. The average molecular weight is 287 g/mol. The first-order valence-electron chi connectivity index (χ1n) is 4.38. The van der Waals surface area contributed by atoms with Gasteiger partial charge >= 0.3 is 0 Å². The third-order valence-electron chi connectivity index (χ3n) is 1.62. The summed E-state index contributed by atoms with van der Waals surface area (Å²) in [5.74, 6) is 5.90. The highest BCUT2D eigenvalue weighted by Crippen LogP contribution is 2.32. The zero-order valence-corrected chi connectivity index (χ0v) is 11.2.